The molecular formula is C18H34. The first kappa shape index (κ1) is 15.8. The summed E-state index contributed by atoms with van der Waals surface area (Å²) in [7, 11) is 0. The molecule has 0 bridgehead atoms. The highest BCUT2D eigenvalue weighted by molar-refractivity contribution is 5.19. The van der Waals surface area contributed by atoms with Gasteiger partial charge in [-0.1, -0.05) is 78.4 Å². The third-order valence-corrected chi connectivity index (χ3v) is 4.40. The van der Waals surface area contributed by atoms with Gasteiger partial charge in [-0.2, -0.15) is 0 Å². The Hall–Kier alpha value is -0.260. The Labute approximate surface area is 115 Å². The number of unbranched alkanes of at least 4 members (excludes halogenated alkanes) is 4. The number of allylic oxidation sites excluding steroid dienone is 2. The first-order valence-electron chi connectivity index (χ1n) is 8.01. The Kier molecular flexibility index (Phi) is 5.95. The molecule has 0 atom stereocenters. The van der Waals surface area contributed by atoms with E-state index in [1.165, 1.54) is 57.8 Å². The van der Waals surface area contributed by atoms with Crippen LogP contribution in [0.2, 0.25) is 0 Å². The van der Waals surface area contributed by atoms with Gasteiger partial charge in [-0.25, -0.2) is 0 Å². The number of hydrogen-bond donors (Lipinski definition) is 0. The lowest BCUT2D eigenvalue weighted by Crippen LogP contribution is -2.18. The maximum Gasteiger partial charge on any atom is -0.0145 e. The summed E-state index contributed by atoms with van der Waals surface area (Å²) in [5.74, 6) is 0. The second-order valence-corrected chi connectivity index (χ2v) is 7.98. The van der Waals surface area contributed by atoms with Crippen molar-refractivity contribution in [1.29, 1.82) is 0 Å². The number of hydrogen-bond acceptors (Lipinski definition) is 0. The van der Waals surface area contributed by atoms with Crippen molar-refractivity contribution >= 4 is 0 Å². The van der Waals surface area contributed by atoms with Crippen LogP contribution < -0.4 is 0 Å². The van der Waals surface area contributed by atoms with E-state index in [9.17, 15) is 0 Å². The summed E-state index contributed by atoms with van der Waals surface area (Å²) in [6.07, 6.45) is 15.0. The number of rotatable bonds is 8. The molecule has 0 unspecified atom stereocenters. The molecule has 0 aromatic carbocycles. The van der Waals surface area contributed by atoms with Crippen LogP contribution in [-0.4, -0.2) is 0 Å². The fourth-order valence-electron chi connectivity index (χ4n) is 2.82. The molecule has 1 rings (SSSR count). The third-order valence-electron chi connectivity index (χ3n) is 4.40. The van der Waals surface area contributed by atoms with Crippen LogP contribution >= 0.6 is 0 Å². The van der Waals surface area contributed by atoms with E-state index in [1.54, 1.807) is 5.57 Å². The first-order chi connectivity index (χ1) is 8.31. The first-order valence-corrected chi connectivity index (χ1v) is 8.01. The second kappa shape index (κ2) is 6.78. The molecular weight excluding hydrogens is 216 g/mol. The third kappa shape index (κ3) is 6.07. The van der Waals surface area contributed by atoms with Gasteiger partial charge in [-0.15, -0.1) is 0 Å². The zero-order chi connectivity index (χ0) is 13.6. The van der Waals surface area contributed by atoms with Gasteiger partial charge in [-0.3, -0.25) is 0 Å². The Morgan fingerprint density at radius 1 is 0.833 bits per heavy atom. The lowest BCUT2D eigenvalue weighted by molar-refractivity contribution is 0.345. The molecule has 0 heteroatoms. The predicted octanol–water partition coefficient (Wildman–Crippen LogP) is 6.51. The van der Waals surface area contributed by atoms with Crippen molar-refractivity contribution in [3.05, 3.63) is 11.6 Å². The van der Waals surface area contributed by atoms with Crippen molar-refractivity contribution in [2.24, 2.45) is 10.8 Å². The molecule has 0 saturated carbocycles. The van der Waals surface area contributed by atoms with E-state index < -0.39 is 0 Å². The zero-order valence-electron chi connectivity index (χ0n) is 13.4. The second-order valence-electron chi connectivity index (χ2n) is 7.98. The maximum atomic E-state index is 2.45. The summed E-state index contributed by atoms with van der Waals surface area (Å²) in [5, 5.41) is 0. The van der Waals surface area contributed by atoms with Crippen molar-refractivity contribution in [2.45, 2.75) is 92.4 Å². The maximum absolute atomic E-state index is 2.45. The molecule has 0 aliphatic heterocycles. The molecule has 0 spiro atoms. The molecule has 0 heterocycles. The minimum absolute atomic E-state index is 0.490. The standard InChI is InChI=1S/C18H34/c1-17(2,3)14-9-7-6-8-10-15-18(4,5)16-12-11-13-16/h12H,6-11,13-15H2,1-5H3. The molecule has 0 nitrogen and oxygen atoms in total. The van der Waals surface area contributed by atoms with E-state index >= 15 is 0 Å². The summed E-state index contributed by atoms with van der Waals surface area (Å²) in [6.45, 7) is 11.9. The van der Waals surface area contributed by atoms with Gasteiger partial charge in [0, 0.05) is 0 Å². The van der Waals surface area contributed by atoms with Gasteiger partial charge < -0.3 is 0 Å². The molecule has 1 aliphatic carbocycles. The zero-order valence-corrected chi connectivity index (χ0v) is 13.4. The van der Waals surface area contributed by atoms with Gasteiger partial charge in [-0.05, 0) is 36.5 Å². The van der Waals surface area contributed by atoms with Crippen molar-refractivity contribution < 1.29 is 0 Å². The molecule has 18 heavy (non-hydrogen) atoms. The molecule has 0 aromatic rings. The fraction of sp³-hybridized carbons (Fsp3) is 0.889. The largest absolute Gasteiger partial charge is 0.0845 e. The highest BCUT2D eigenvalue weighted by Gasteiger charge is 2.25. The summed E-state index contributed by atoms with van der Waals surface area (Å²) in [5.41, 5.74) is 2.73. The molecule has 0 N–H and O–H groups in total. The smallest absolute Gasteiger partial charge is 0.0145 e. The Morgan fingerprint density at radius 2 is 1.33 bits per heavy atom. The Morgan fingerprint density at radius 3 is 1.78 bits per heavy atom. The normalized spacial score (nSPS) is 16.4. The quantitative estimate of drug-likeness (QED) is 0.340. The summed E-state index contributed by atoms with van der Waals surface area (Å²) >= 11 is 0. The van der Waals surface area contributed by atoms with Crippen LogP contribution in [0.5, 0.6) is 0 Å². The average Bonchev–Trinajstić information content (AvgIpc) is 2.10. The predicted molar refractivity (Wildman–Crippen MR) is 82.9 cm³/mol. The van der Waals surface area contributed by atoms with Crippen LogP contribution in [0.25, 0.3) is 0 Å². The minimum atomic E-state index is 0.490. The fourth-order valence-corrected chi connectivity index (χ4v) is 2.82. The van der Waals surface area contributed by atoms with Gasteiger partial charge >= 0.3 is 0 Å². The van der Waals surface area contributed by atoms with Gasteiger partial charge in [0.15, 0.2) is 0 Å². The topological polar surface area (TPSA) is 0 Å². The SMILES string of the molecule is CC(C)(C)CCCCCCCC(C)(C)C1=CCC1. The Balaban J connectivity index is 1.99. The van der Waals surface area contributed by atoms with Crippen LogP contribution in [0, 0.1) is 10.8 Å². The van der Waals surface area contributed by atoms with E-state index in [0.29, 0.717) is 10.8 Å². The highest BCUT2D eigenvalue weighted by atomic mass is 14.3. The lowest BCUT2D eigenvalue weighted by atomic mass is 9.73. The van der Waals surface area contributed by atoms with E-state index in [4.69, 9.17) is 0 Å². The molecule has 1 aliphatic rings. The molecule has 0 aromatic heterocycles. The van der Waals surface area contributed by atoms with Gasteiger partial charge in [0.25, 0.3) is 0 Å². The molecule has 106 valence electrons. The van der Waals surface area contributed by atoms with Crippen LogP contribution in [0.4, 0.5) is 0 Å². The van der Waals surface area contributed by atoms with Crippen molar-refractivity contribution in [3.8, 4) is 0 Å². The van der Waals surface area contributed by atoms with Gasteiger partial charge in [0.2, 0.25) is 0 Å². The van der Waals surface area contributed by atoms with Gasteiger partial charge in [0.05, 0.1) is 0 Å². The monoisotopic (exact) mass is 250 g/mol. The van der Waals surface area contributed by atoms with Crippen LogP contribution in [-0.2, 0) is 0 Å². The van der Waals surface area contributed by atoms with E-state index in [-0.39, 0.29) is 0 Å². The highest BCUT2D eigenvalue weighted by Crippen LogP contribution is 2.39. The van der Waals surface area contributed by atoms with E-state index in [2.05, 4.69) is 40.7 Å². The molecule has 0 saturated heterocycles. The van der Waals surface area contributed by atoms with Crippen LogP contribution in [0.1, 0.15) is 92.4 Å². The molecule has 0 amide bonds. The van der Waals surface area contributed by atoms with Crippen molar-refractivity contribution in [2.75, 3.05) is 0 Å². The summed E-state index contributed by atoms with van der Waals surface area (Å²) < 4.78 is 0. The van der Waals surface area contributed by atoms with Crippen molar-refractivity contribution in [3.63, 3.8) is 0 Å². The van der Waals surface area contributed by atoms with Crippen LogP contribution in [0.15, 0.2) is 11.6 Å². The summed E-state index contributed by atoms with van der Waals surface area (Å²) in [6, 6.07) is 0. The van der Waals surface area contributed by atoms with E-state index in [0.717, 1.165) is 0 Å². The lowest BCUT2D eigenvalue weighted by Gasteiger charge is -2.32. The molecule has 0 radical (unpaired) electrons. The minimum Gasteiger partial charge on any atom is -0.0845 e. The summed E-state index contributed by atoms with van der Waals surface area (Å²) in [4.78, 5) is 0. The van der Waals surface area contributed by atoms with Crippen LogP contribution in [0.3, 0.4) is 0 Å². The molecule has 0 fully saturated rings. The van der Waals surface area contributed by atoms with E-state index in [1.807, 2.05) is 0 Å². The van der Waals surface area contributed by atoms with Crippen molar-refractivity contribution in [1.82, 2.24) is 0 Å². The Bertz CT molecular complexity index is 262. The van der Waals surface area contributed by atoms with Gasteiger partial charge in [0.1, 0.15) is 0 Å². The average molecular weight is 250 g/mol.